The summed E-state index contributed by atoms with van der Waals surface area (Å²) in [6, 6.07) is 4.70. The van der Waals surface area contributed by atoms with Crippen molar-refractivity contribution < 1.29 is 18.7 Å². The molecular formula is C19H23FN2O3. The molecule has 4 rings (SSSR count). The fraction of sp³-hybridized carbons (Fsp3) is 0.579. The Labute approximate surface area is 146 Å². The van der Waals surface area contributed by atoms with Crippen molar-refractivity contribution >= 4 is 11.8 Å². The highest BCUT2D eigenvalue weighted by Gasteiger charge is 2.45. The quantitative estimate of drug-likeness (QED) is 0.858. The first-order valence-electron chi connectivity index (χ1n) is 9.12. The van der Waals surface area contributed by atoms with Gasteiger partial charge < -0.3 is 15.4 Å². The van der Waals surface area contributed by atoms with Gasteiger partial charge in [0.2, 0.25) is 5.91 Å². The van der Waals surface area contributed by atoms with E-state index in [1.165, 1.54) is 18.9 Å². The van der Waals surface area contributed by atoms with Gasteiger partial charge in [-0.25, -0.2) is 4.39 Å². The average molecular weight is 346 g/mol. The molecule has 0 aromatic heterocycles. The third-order valence-corrected chi connectivity index (χ3v) is 5.51. The van der Waals surface area contributed by atoms with E-state index in [0.717, 1.165) is 12.8 Å². The summed E-state index contributed by atoms with van der Waals surface area (Å²) in [6.07, 6.45) is 5.00. The van der Waals surface area contributed by atoms with Crippen LogP contribution in [-0.2, 0) is 16.0 Å². The molecule has 2 fully saturated rings. The maximum absolute atomic E-state index is 13.8. The van der Waals surface area contributed by atoms with Crippen LogP contribution in [0.15, 0.2) is 18.2 Å². The van der Waals surface area contributed by atoms with Crippen LogP contribution in [0, 0.1) is 11.7 Å². The monoisotopic (exact) mass is 346 g/mol. The predicted octanol–water partition coefficient (Wildman–Crippen LogP) is 2.08. The molecule has 134 valence electrons. The van der Waals surface area contributed by atoms with Crippen LogP contribution >= 0.6 is 0 Å². The van der Waals surface area contributed by atoms with Gasteiger partial charge in [-0.15, -0.1) is 0 Å². The summed E-state index contributed by atoms with van der Waals surface area (Å²) < 4.78 is 19.3. The number of fused-ring (bicyclic) bond motifs is 1. The van der Waals surface area contributed by atoms with Crippen molar-refractivity contribution in [2.75, 3.05) is 6.54 Å². The summed E-state index contributed by atoms with van der Waals surface area (Å²) in [5, 5.41) is 5.93. The van der Waals surface area contributed by atoms with Gasteiger partial charge in [-0.2, -0.15) is 0 Å². The third-order valence-electron chi connectivity index (χ3n) is 5.51. The highest BCUT2D eigenvalue weighted by molar-refractivity contribution is 5.93. The highest BCUT2D eigenvalue weighted by Crippen LogP contribution is 2.34. The first-order chi connectivity index (χ1) is 12.1. The lowest BCUT2D eigenvalue weighted by molar-refractivity contribution is -0.136. The number of rotatable bonds is 5. The van der Waals surface area contributed by atoms with Crippen molar-refractivity contribution in [2.24, 2.45) is 5.92 Å². The first-order valence-corrected chi connectivity index (χ1v) is 9.12. The van der Waals surface area contributed by atoms with Crippen molar-refractivity contribution in [1.29, 1.82) is 0 Å². The summed E-state index contributed by atoms with van der Waals surface area (Å²) >= 11 is 0. The Balaban J connectivity index is 1.43. The van der Waals surface area contributed by atoms with Crippen molar-refractivity contribution in [1.82, 2.24) is 10.6 Å². The average Bonchev–Trinajstić information content (AvgIpc) is 3.11. The Morgan fingerprint density at radius 2 is 2.00 bits per heavy atom. The van der Waals surface area contributed by atoms with Gasteiger partial charge in [-0.05, 0) is 37.7 Å². The minimum atomic E-state index is -0.845. The van der Waals surface area contributed by atoms with Crippen molar-refractivity contribution in [3.8, 4) is 5.75 Å². The number of ether oxygens (including phenoxy) is 1. The van der Waals surface area contributed by atoms with E-state index >= 15 is 0 Å². The Morgan fingerprint density at radius 3 is 2.68 bits per heavy atom. The van der Waals surface area contributed by atoms with Crippen LogP contribution in [0.4, 0.5) is 4.39 Å². The van der Waals surface area contributed by atoms with Crippen molar-refractivity contribution in [3.05, 3.63) is 29.6 Å². The van der Waals surface area contributed by atoms with Crippen LogP contribution in [0.1, 0.15) is 44.1 Å². The third kappa shape index (κ3) is 3.22. The molecule has 2 N–H and O–H groups in total. The van der Waals surface area contributed by atoms with E-state index in [-0.39, 0.29) is 17.6 Å². The second-order valence-corrected chi connectivity index (χ2v) is 7.47. The molecule has 25 heavy (non-hydrogen) atoms. The number of hydrogen-bond acceptors (Lipinski definition) is 3. The molecule has 6 heteroatoms. The fourth-order valence-corrected chi connectivity index (χ4v) is 3.81. The summed E-state index contributed by atoms with van der Waals surface area (Å²) in [7, 11) is 0. The predicted molar refractivity (Wildman–Crippen MR) is 89.6 cm³/mol. The van der Waals surface area contributed by atoms with Gasteiger partial charge in [0.25, 0.3) is 5.91 Å². The van der Waals surface area contributed by atoms with E-state index < -0.39 is 17.5 Å². The van der Waals surface area contributed by atoms with E-state index in [2.05, 4.69) is 10.6 Å². The summed E-state index contributed by atoms with van der Waals surface area (Å²) in [4.78, 5) is 25.4. The number of halogens is 1. The van der Waals surface area contributed by atoms with Crippen molar-refractivity contribution in [3.63, 3.8) is 0 Å². The number of amides is 2. The maximum atomic E-state index is 13.8. The van der Waals surface area contributed by atoms with E-state index in [9.17, 15) is 14.0 Å². The SMILES string of the molecule is O=C(NC1(C(=O)NCC2CC2)CCCC1)[C@@H]1Cc2cccc(F)c2O1. The molecule has 2 aliphatic carbocycles. The van der Waals surface area contributed by atoms with E-state index in [0.29, 0.717) is 37.3 Å². The molecule has 5 nitrogen and oxygen atoms in total. The second-order valence-electron chi connectivity index (χ2n) is 7.47. The van der Waals surface area contributed by atoms with Crippen molar-refractivity contribution in [2.45, 2.75) is 56.6 Å². The molecule has 1 atom stereocenters. The van der Waals surface area contributed by atoms with Crippen LogP contribution in [0.3, 0.4) is 0 Å². The molecule has 1 heterocycles. The lowest BCUT2D eigenvalue weighted by atomic mass is 9.95. The van der Waals surface area contributed by atoms with Gasteiger partial charge in [0, 0.05) is 18.5 Å². The van der Waals surface area contributed by atoms with Gasteiger partial charge in [0.05, 0.1) is 0 Å². The van der Waals surface area contributed by atoms with Gasteiger partial charge >= 0.3 is 0 Å². The molecule has 2 saturated carbocycles. The Bertz CT molecular complexity index is 696. The number of para-hydroxylation sites is 1. The van der Waals surface area contributed by atoms with Crippen LogP contribution in [0.25, 0.3) is 0 Å². The number of nitrogens with one attached hydrogen (secondary N) is 2. The number of carbonyl (C=O) groups is 2. The Morgan fingerprint density at radius 1 is 1.24 bits per heavy atom. The molecule has 0 bridgehead atoms. The molecule has 2 amide bonds. The minimum Gasteiger partial charge on any atom is -0.477 e. The number of carbonyl (C=O) groups excluding carboxylic acids is 2. The first kappa shape index (κ1) is 16.4. The van der Waals surface area contributed by atoms with E-state index in [1.807, 2.05) is 0 Å². The molecular weight excluding hydrogens is 323 g/mol. The van der Waals surface area contributed by atoms with Crippen LogP contribution in [0.5, 0.6) is 5.75 Å². The second kappa shape index (κ2) is 6.32. The molecule has 1 aromatic rings. The zero-order valence-electron chi connectivity index (χ0n) is 14.1. The maximum Gasteiger partial charge on any atom is 0.262 e. The smallest absolute Gasteiger partial charge is 0.262 e. The number of benzene rings is 1. The standard InChI is InChI=1S/C19H23FN2O3/c20-14-5-3-4-13-10-15(25-16(13)14)17(23)22-19(8-1-2-9-19)18(24)21-11-12-6-7-12/h3-5,12,15H,1-2,6-11H2,(H,21,24)(H,22,23)/t15-/m0/s1. The van der Waals surface area contributed by atoms with Crippen LogP contribution in [-0.4, -0.2) is 30.0 Å². The van der Waals surface area contributed by atoms with E-state index in [1.54, 1.807) is 12.1 Å². The molecule has 0 saturated heterocycles. The van der Waals surface area contributed by atoms with E-state index in [4.69, 9.17) is 4.74 Å². The van der Waals surface area contributed by atoms with Gasteiger partial charge in [-0.1, -0.05) is 25.0 Å². The Hall–Kier alpha value is -2.11. The molecule has 0 radical (unpaired) electrons. The lowest BCUT2D eigenvalue weighted by Crippen LogP contribution is -2.59. The molecule has 3 aliphatic rings. The van der Waals surface area contributed by atoms with Gasteiger partial charge in [0.15, 0.2) is 17.7 Å². The molecule has 1 aliphatic heterocycles. The summed E-state index contributed by atoms with van der Waals surface area (Å²) in [5.74, 6) is -0.133. The zero-order valence-corrected chi connectivity index (χ0v) is 14.1. The lowest BCUT2D eigenvalue weighted by Gasteiger charge is -2.30. The van der Waals surface area contributed by atoms with Crippen LogP contribution < -0.4 is 15.4 Å². The normalized spacial score (nSPS) is 23.6. The highest BCUT2D eigenvalue weighted by atomic mass is 19.1. The van der Waals surface area contributed by atoms with Crippen LogP contribution in [0.2, 0.25) is 0 Å². The Kier molecular flexibility index (Phi) is 4.13. The molecule has 0 spiro atoms. The largest absolute Gasteiger partial charge is 0.477 e. The number of hydrogen-bond donors (Lipinski definition) is 2. The summed E-state index contributed by atoms with van der Waals surface area (Å²) in [5.41, 5.74) is -0.151. The zero-order chi connectivity index (χ0) is 17.4. The molecule has 1 aromatic carbocycles. The molecule has 0 unspecified atom stereocenters. The van der Waals surface area contributed by atoms with Gasteiger partial charge in [-0.3, -0.25) is 9.59 Å². The summed E-state index contributed by atoms with van der Waals surface area (Å²) in [6.45, 7) is 0.688. The minimum absolute atomic E-state index is 0.0908. The fourth-order valence-electron chi connectivity index (χ4n) is 3.81. The topological polar surface area (TPSA) is 67.4 Å². The van der Waals surface area contributed by atoms with Gasteiger partial charge in [0.1, 0.15) is 5.54 Å².